The molecule has 0 atom stereocenters. The Morgan fingerprint density at radius 3 is 2.71 bits per heavy atom. The first-order chi connectivity index (χ1) is 10.3. The fourth-order valence-electron chi connectivity index (χ4n) is 2.72. The number of hydrogen-bond donors (Lipinski definition) is 0. The normalized spacial score (nSPS) is 21.0. The molecule has 110 valence electrons. The molecule has 1 fully saturated rings. The van der Waals surface area contributed by atoms with Gasteiger partial charge in [0.1, 0.15) is 5.82 Å². The van der Waals surface area contributed by atoms with Crippen molar-refractivity contribution >= 4 is 0 Å². The van der Waals surface area contributed by atoms with Crippen LogP contribution in [0.5, 0.6) is 0 Å². The van der Waals surface area contributed by atoms with Crippen molar-refractivity contribution < 1.29 is 9.13 Å². The van der Waals surface area contributed by atoms with Crippen LogP contribution in [0.2, 0.25) is 0 Å². The number of hydrogen-bond acceptors (Lipinski definition) is 2. The van der Waals surface area contributed by atoms with Gasteiger partial charge in [-0.2, -0.15) is 0 Å². The van der Waals surface area contributed by atoms with Crippen molar-refractivity contribution in [2.24, 2.45) is 0 Å². The molecule has 2 nitrogen and oxygen atoms in total. The number of nitrogens with zero attached hydrogens (tertiary/aromatic N) is 1. The number of halogens is 1. The lowest BCUT2D eigenvalue weighted by atomic mass is 9.79. The summed E-state index contributed by atoms with van der Waals surface area (Å²) in [6.07, 6.45) is 4.32. The molecule has 0 saturated heterocycles. The van der Waals surface area contributed by atoms with E-state index in [1.165, 1.54) is 11.8 Å². The molecule has 0 amide bonds. The molecule has 1 heterocycles. The van der Waals surface area contributed by atoms with Gasteiger partial charge < -0.3 is 4.74 Å². The van der Waals surface area contributed by atoms with Crippen molar-refractivity contribution in [2.75, 3.05) is 0 Å². The third-order valence-electron chi connectivity index (χ3n) is 4.18. The minimum absolute atomic E-state index is 0.197. The lowest BCUT2D eigenvalue weighted by Crippen LogP contribution is -2.30. The summed E-state index contributed by atoms with van der Waals surface area (Å²) >= 11 is 0. The Hall–Kier alpha value is -1.74. The van der Waals surface area contributed by atoms with Crippen molar-refractivity contribution in [1.29, 1.82) is 0 Å². The largest absolute Gasteiger partial charge is 0.373 e. The van der Waals surface area contributed by atoms with E-state index in [1.807, 2.05) is 31.2 Å². The molecule has 0 unspecified atom stereocenters. The Labute approximate surface area is 125 Å². The van der Waals surface area contributed by atoms with Crippen LogP contribution < -0.4 is 0 Å². The monoisotopic (exact) mass is 285 g/mol. The van der Waals surface area contributed by atoms with Gasteiger partial charge in [-0.05, 0) is 36.5 Å². The Morgan fingerprint density at radius 1 is 1.24 bits per heavy atom. The van der Waals surface area contributed by atoms with Crippen LogP contribution in [0.3, 0.4) is 0 Å². The SMILES string of the molecule is CCc1cc(C2CC(OCc3ccccc3)C2)ncc1F. The average molecular weight is 285 g/mol. The third-order valence-corrected chi connectivity index (χ3v) is 4.18. The predicted octanol–water partition coefficient (Wildman–Crippen LogP) is 4.25. The third kappa shape index (κ3) is 3.30. The maximum absolute atomic E-state index is 13.5. The first kappa shape index (κ1) is 14.2. The molecule has 1 saturated carbocycles. The zero-order valence-corrected chi connectivity index (χ0v) is 12.3. The van der Waals surface area contributed by atoms with E-state index in [0.29, 0.717) is 25.0 Å². The molecular formula is C18H20FNO. The summed E-state index contributed by atoms with van der Waals surface area (Å²) < 4.78 is 19.3. The van der Waals surface area contributed by atoms with Gasteiger partial charge in [0.25, 0.3) is 0 Å². The number of aromatic nitrogens is 1. The van der Waals surface area contributed by atoms with Crippen LogP contribution in [-0.2, 0) is 17.8 Å². The van der Waals surface area contributed by atoms with E-state index in [1.54, 1.807) is 0 Å². The van der Waals surface area contributed by atoms with Gasteiger partial charge in [-0.1, -0.05) is 37.3 Å². The summed E-state index contributed by atoms with van der Waals surface area (Å²) in [5.41, 5.74) is 2.97. The van der Waals surface area contributed by atoms with E-state index in [4.69, 9.17) is 4.74 Å². The fraction of sp³-hybridized carbons (Fsp3) is 0.389. The van der Waals surface area contributed by atoms with Crippen molar-refractivity contribution in [3.05, 3.63) is 65.2 Å². The second-order valence-electron chi connectivity index (χ2n) is 5.64. The van der Waals surface area contributed by atoms with E-state index in [9.17, 15) is 4.39 Å². The Bertz CT molecular complexity index is 593. The number of aryl methyl sites for hydroxylation is 1. The molecule has 0 aliphatic heterocycles. The molecule has 1 aliphatic carbocycles. The quantitative estimate of drug-likeness (QED) is 0.819. The van der Waals surface area contributed by atoms with Crippen LogP contribution in [0.4, 0.5) is 4.39 Å². The van der Waals surface area contributed by atoms with Crippen molar-refractivity contribution in [3.8, 4) is 0 Å². The number of rotatable bonds is 5. The molecule has 0 N–H and O–H groups in total. The number of pyridine rings is 1. The van der Waals surface area contributed by atoms with Crippen LogP contribution in [0.25, 0.3) is 0 Å². The molecule has 0 spiro atoms. The Morgan fingerprint density at radius 2 is 2.00 bits per heavy atom. The molecule has 0 radical (unpaired) electrons. The predicted molar refractivity (Wildman–Crippen MR) is 80.6 cm³/mol. The minimum atomic E-state index is -0.197. The van der Waals surface area contributed by atoms with Crippen molar-refractivity contribution in [3.63, 3.8) is 0 Å². The maximum atomic E-state index is 13.5. The van der Waals surface area contributed by atoms with E-state index >= 15 is 0 Å². The summed E-state index contributed by atoms with van der Waals surface area (Å²) in [6, 6.07) is 12.1. The summed E-state index contributed by atoms with van der Waals surface area (Å²) in [5, 5.41) is 0. The first-order valence-electron chi connectivity index (χ1n) is 7.56. The zero-order valence-electron chi connectivity index (χ0n) is 12.3. The van der Waals surface area contributed by atoms with Crippen molar-refractivity contribution in [2.45, 2.75) is 44.8 Å². The zero-order chi connectivity index (χ0) is 14.7. The maximum Gasteiger partial charge on any atom is 0.144 e. The lowest BCUT2D eigenvalue weighted by molar-refractivity contribution is -0.0215. The lowest BCUT2D eigenvalue weighted by Gasteiger charge is -2.35. The van der Waals surface area contributed by atoms with Gasteiger partial charge in [0, 0.05) is 11.6 Å². The van der Waals surface area contributed by atoms with Gasteiger partial charge in [-0.3, -0.25) is 4.98 Å². The molecule has 2 aromatic rings. The van der Waals surface area contributed by atoms with Crippen LogP contribution in [0.1, 0.15) is 42.5 Å². The fourth-order valence-corrected chi connectivity index (χ4v) is 2.72. The molecule has 1 aliphatic rings. The smallest absolute Gasteiger partial charge is 0.144 e. The van der Waals surface area contributed by atoms with E-state index in [0.717, 1.165) is 24.1 Å². The van der Waals surface area contributed by atoms with Crippen LogP contribution in [0, 0.1) is 5.82 Å². The van der Waals surface area contributed by atoms with Gasteiger partial charge in [0.2, 0.25) is 0 Å². The summed E-state index contributed by atoms with van der Waals surface area (Å²) in [5.74, 6) is 0.217. The Balaban J connectivity index is 1.51. The summed E-state index contributed by atoms with van der Waals surface area (Å²) in [4.78, 5) is 4.23. The molecule has 1 aromatic heterocycles. The van der Waals surface area contributed by atoms with Gasteiger partial charge in [-0.15, -0.1) is 0 Å². The van der Waals surface area contributed by atoms with Crippen molar-refractivity contribution in [1.82, 2.24) is 4.98 Å². The molecule has 0 bridgehead atoms. The topological polar surface area (TPSA) is 22.1 Å². The van der Waals surface area contributed by atoms with Gasteiger partial charge >= 0.3 is 0 Å². The Kier molecular flexibility index (Phi) is 4.30. The molecule has 3 heteroatoms. The minimum Gasteiger partial charge on any atom is -0.373 e. The highest BCUT2D eigenvalue weighted by molar-refractivity contribution is 5.23. The van der Waals surface area contributed by atoms with Crippen LogP contribution in [0.15, 0.2) is 42.6 Å². The highest BCUT2D eigenvalue weighted by atomic mass is 19.1. The van der Waals surface area contributed by atoms with E-state index in [2.05, 4.69) is 17.1 Å². The molecule has 21 heavy (non-hydrogen) atoms. The first-order valence-corrected chi connectivity index (χ1v) is 7.56. The van der Waals surface area contributed by atoms with Crippen LogP contribution in [-0.4, -0.2) is 11.1 Å². The highest BCUT2D eigenvalue weighted by Gasteiger charge is 2.32. The number of benzene rings is 1. The second-order valence-corrected chi connectivity index (χ2v) is 5.64. The molecule has 3 rings (SSSR count). The average Bonchev–Trinajstić information content (AvgIpc) is 2.48. The van der Waals surface area contributed by atoms with Gasteiger partial charge in [-0.25, -0.2) is 4.39 Å². The number of ether oxygens (including phenoxy) is 1. The summed E-state index contributed by atoms with van der Waals surface area (Å²) in [6.45, 7) is 2.63. The van der Waals surface area contributed by atoms with Gasteiger partial charge in [0.15, 0.2) is 0 Å². The van der Waals surface area contributed by atoms with Crippen LogP contribution >= 0.6 is 0 Å². The summed E-state index contributed by atoms with van der Waals surface area (Å²) in [7, 11) is 0. The van der Waals surface area contributed by atoms with E-state index < -0.39 is 0 Å². The standard InChI is InChI=1S/C18H20FNO/c1-2-14-10-18(20-11-17(14)19)15-8-16(9-15)21-12-13-6-4-3-5-7-13/h3-7,10-11,15-16H,2,8-9,12H2,1H3. The van der Waals surface area contributed by atoms with E-state index in [-0.39, 0.29) is 5.82 Å². The molecular weight excluding hydrogens is 265 g/mol. The highest BCUT2D eigenvalue weighted by Crippen LogP contribution is 2.38. The van der Waals surface area contributed by atoms with Gasteiger partial charge in [0.05, 0.1) is 18.9 Å². The molecule has 1 aromatic carbocycles. The second kappa shape index (κ2) is 6.35.